The lowest BCUT2D eigenvalue weighted by Gasteiger charge is -2.09. The van der Waals surface area contributed by atoms with Gasteiger partial charge in [0.25, 0.3) is 0 Å². The summed E-state index contributed by atoms with van der Waals surface area (Å²) in [5, 5.41) is 4.19. The lowest BCUT2D eigenvalue weighted by Crippen LogP contribution is -2.03. The van der Waals surface area contributed by atoms with E-state index in [4.69, 9.17) is 0 Å². The van der Waals surface area contributed by atoms with Crippen LogP contribution in [0.15, 0.2) is 59.7 Å². The standard InChI is InChI=1S/C19H17FN4/c1-13-14(2)22-19(16-6-4-3-5-7-16)23-18(13)24-21-12-15-8-10-17(20)11-9-15/h3-12H,1-2H3,(H,22,23,24)/b21-12-. The van der Waals surface area contributed by atoms with E-state index < -0.39 is 0 Å². The lowest BCUT2D eigenvalue weighted by molar-refractivity contribution is 0.628. The van der Waals surface area contributed by atoms with Crippen LogP contribution in [0.1, 0.15) is 16.8 Å². The van der Waals surface area contributed by atoms with Gasteiger partial charge in [0, 0.05) is 16.8 Å². The second-order valence-corrected chi connectivity index (χ2v) is 5.39. The largest absolute Gasteiger partial charge is 0.261 e. The Morgan fingerprint density at radius 1 is 0.958 bits per heavy atom. The van der Waals surface area contributed by atoms with Crippen LogP contribution in [0.25, 0.3) is 11.4 Å². The number of anilines is 1. The minimum atomic E-state index is -0.269. The first kappa shape index (κ1) is 15.8. The number of hydrazone groups is 1. The van der Waals surface area contributed by atoms with Gasteiger partial charge in [-0.05, 0) is 31.5 Å². The van der Waals surface area contributed by atoms with Gasteiger partial charge < -0.3 is 0 Å². The van der Waals surface area contributed by atoms with Crippen molar-refractivity contribution in [3.8, 4) is 11.4 Å². The highest BCUT2D eigenvalue weighted by Crippen LogP contribution is 2.21. The molecule has 0 bridgehead atoms. The Labute approximate surface area is 140 Å². The zero-order valence-electron chi connectivity index (χ0n) is 13.5. The number of nitrogens with zero attached hydrogens (tertiary/aromatic N) is 3. The average molecular weight is 320 g/mol. The molecule has 1 aromatic heterocycles. The van der Waals surface area contributed by atoms with Crippen LogP contribution in [-0.4, -0.2) is 16.2 Å². The summed E-state index contributed by atoms with van der Waals surface area (Å²) in [6, 6.07) is 15.9. The molecular formula is C19H17FN4. The van der Waals surface area contributed by atoms with E-state index in [0.717, 1.165) is 22.4 Å². The predicted octanol–water partition coefficient (Wildman–Crippen LogP) is 4.35. The molecule has 1 N–H and O–H groups in total. The maximum absolute atomic E-state index is 12.9. The molecule has 120 valence electrons. The van der Waals surface area contributed by atoms with Gasteiger partial charge in [-0.1, -0.05) is 42.5 Å². The summed E-state index contributed by atoms with van der Waals surface area (Å²) in [5.74, 6) is 1.03. The highest BCUT2D eigenvalue weighted by molar-refractivity contribution is 5.80. The van der Waals surface area contributed by atoms with E-state index in [1.54, 1.807) is 18.3 Å². The first-order valence-corrected chi connectivity index (χ1v) is 7.59. The quantitative estimate of drug-likeness (QED) is 0.574. The van der Waals surface area contributed by atoms with E-state index in [9.17, 15) is 4.39 Å². The van der Waals surface area contributed by atoms with Crippen LogP contribution in [-0.2, 0) is 0 Å². The van der Waals surface area contributed by atoms with Crippen molar-refractivity contribution in [2.75, 3.05) is 5.43 Å². The van der Waals surface area contributed by atoms with Crippen LogP contribution in [0.3, 0.4) is 0 Å². The fourth-order valence-corrected chi connectivity index (χ4v) is 2.17. The van der Waals surface area contributed by atoms with Crippen molar-refractivity contribution < 1.29 is 4.39 Å². The van der Waals surface area contributed by atoms with E-state index in [1.165, 1.54) is 12.1 Å². The maximum Gasteiger partial charge on any atom is 0.161 e. The number of hydrogen-bond acceptors (Lipinski definition) is 4. The molecule has 0 aliphatic heterocycles. The average Bonchev–Trinajstić information content (AvgIpc) is 2.61. The molecule has 5 heteroatoms. The topological polar surface area (TPSA) is 50.2 Å². The van der Waals surface area contributed by atoms with Crippen molar-refractivity contribution in [1.29, 1.82) is 0 Å². The van der Waals surface area contributed by atoms with Crippen LogP contribution in [0.2, 0.25) is 0 Å². The summed E-state index contributed by atoms with van der Waals surface area (Å²) in [6.45, 7) is 3.89. The number of nitrogens with one attached hydrogen (secondary N) is 1. The highest BCUT2D eigenvalue weighted by Gasteiger charge is 2.08. The van der Waals surface area contributed by atoms with Gasteiger partial charge in [-0.25, -0.2) is 14.4 Å². The Bertz CT molecular complexity index is 859. The van der Waals surface area contributed by atoms with Crippen LogP contribution >= 0.6 is 0 Å². The maximum atomic E-state index is 12.9. The van der Waals surface area contributed by atoms with Gasteiger partial charge in [0.1, 0.15) is 5.82 Å². The molecule has 0 saturated carbocycles. The molecule has 0 atom stereocenters. The lowest BCUT2D eigenvalue weighted by atomic mass is 10.2. The first-order valence-electron chi connectivity index (χ1n) is 7.59. The highest BCUT2D eigenvalue weighted by atomic mass is 19.1. The van der Waals surface area contributed by atoms with Gasteiger partial charge in [0.15, 0.2) is 11.6 Å². The third-order valence-corrected chi connectivity index (χ3v) is 3.68. The molecular weight excluding hydrogens is 303 g/mol. The van der Waals surface area contributed by atoms with Crippen molar-refractivity contribution in [1.82, 2.24) is 9.97 Å². The molecule has 4 nitrogen and oxygen atoms in total. The molecule has 2 aromatic carbocycles. The molecule has 0 radical (unpaired) electrons. The Kier molecular flexibility index (Phi) is 4.61. The Balaban J connectivity index is 1.85. The molecule has 0 aliphatic rings. The van der Waals surface area contributed by atoms with Crippen molar-refractivity contribution >= 4 is 12.0 Å². The smallest absolute Gasteiger partial charge is 0.161 e. The number of aryl methyl sites for hydroxylation is 1. The summed E-state index contributed by atoms with van der Waals surface area (Å²) in [4.78, 5) is 9.09. The summed E-state index contributed by atoms with van der Waals surface area (Å²) in [6.07, 6.45) is 1.62. The monoisotopic (exact) mass is 320 g/mol. The normalized spacial score (nSPS) is 11.0. The van der Waals surface area contributed by atoms with Crippen LogP contribution in [0, 0.1) is 19.7 Å². The van der Waals surface area contributed by atoms with E-state index in [0.29, 0.717) is 11.6 Å². The van der Waals surface area contributed by atoms with Gasteiger partial charge in [-0.3, -0.25) is 5.43 Å². The molecule has 3 rings (SSSR count). The molecule has 24 heavy (non-hydrogen) atoms. The fraction of sp³-hybridized carbons (Fsp3) is 0.105. The fourth-order valence-electron chi connectivity index (χ4n) is 2.17. The van der Waals surface area contributed by atoms with Crippen LogP contribution < -0.4 is 5.43 Å². The molecule has 3 aromatic rings. The Morgan fingerprint density at radius 3 is 2.38 bits per heavy atom. The summed E-state index contributed by atoms with van der Waals surface area (Å²) >= 11 is 0. The van der Waals surface area contributed by atoms with Gasteiger partial charge in [0.05, 0.1) is 6.21 Å². The van der Waals surface area contributed by atoms with E-state index >= 15 is 0 Å². The second kappa shape index (κ2) is 7.00. The van der Waals surface area contributed by atoms with Crippen LogP contribution in [0.5, 0.6) is 0 Å². The molecule has 0 amide bonds. The molecule has 0 fully saturated rings. The second-order valence-electron chi connectivity index (χ2n) is 5.39. The number of halogens is 1. The van der Waals surface area contributed by atoms with Crippen molar-refractivity contribution in [2.45, 2.75) is 13.8 Å². The van der Waals surface area contributed by atoms with Gasteiger partial charge >= 0.3 is 0 Å². The zero-order chi connectivity index (χ0) is 16.9. The van der Waals surface area contributed by atoms with Gasteiger partial charge in [0.2, 0.25) is 0 Å². The molecule has 0 spiro atoms. The van der Waals surface area contributed by atoms with Crippen molar-refractivity contribution in [3.05, 3.63) is 77.2 Å². The minimum Gasteiger partial charge on any atom is -0.261 e. The zero-order valence-corrected chi connectivity index (χ0v) is 13.5. The predicted molar refractivity (Wildman–Crippen MR) is 94.6 cm³/mol. The SMILES string of the molecule is Cc1nc(-c2ccccc2)nc(N/N=C\c2ccc(F)cc2)c1C. The molecule has 0 saturated heterocycles. The number of aromatic nitrogens is 2. The van der Waals surface area contributed by atoms with E-state index in [1.807, 2.05) is 44.2 Å². The minimum absolute atomic E-state index is 0.269. The first-order chi connectivity index (χ1) is 11.6. The number of hydrogen-bond donors (Lipinski definition) is 1. The molecule has 0 aliphatic carbocycles. The number of rotatable bonds is 4. The summed E-state index contributed by atoms with van der Waals surface area (Å²) < 4.78 is 12.9. The molecule has 1 heterocycles. The number of benzene rings is 2. The third kappa shape index (κ3) is 3.63. The Morgan fingerprint density at radius 2 is 1.67 bits per heavy atom. The van der Waals surface area contributed by atoms with Crippen LogP contribution in [0.4, 0.5) is 10.2 Å². The van der Waals surface area contributed by atoms with Gasteiger partial charge in [-0.2, -0.15) is 5.10 Å². The van der Waals surface area contributed by atoms with Crippen molar-refractivity contribution in [2.24, 2.45) is 5.10 Å². The van der Waals surface area contributed by atoms with Gasteiger partial charge in [-0.15, -0.1) is 0 Å². The van der Waals surface area contributed by atoms with E-state index in [2.05, 4.69) is 20.5 Å². The third-order valence-electron chi connectivity index (χ3n) is 3.68. The summed E-state index contributed by atoms with van der Waals surface area (Å²) in [7, 11) is 0. The van der Waals surface area contributed by atoms with E-state index in [-0.39, 0.29) is 5.82 Å². The summed E-state index contributed by atoms with van der Waals surface area (Å²) in [5.41, 5.74) is 6.53. The molecule has 0 unspecified atom stereocenters. The van der Waals surface area contributed by atoms with Crippen molar-refractivity contribution in [3.63, 3.8) is 0 Å². The Hall–Kier alpha value is -3.08.